The van der Waals surface area contributed by atoms with Gasteiger partial charge in [0.15, 0.2) is 0 Å². The standard InChI is InChI=1S/C22H21NO3/c1-14(2)25-21-9-15(13-24-3)8-17-18(21)11-23-12-19(17)22-10-16-6-4-5-7-20(16)26-22/h4-12,14H,13H2,1-3H3. The summed E-state index contributed by atoms with van der Waals surface area (Å²) in [5.41, 5.74) is 2.87. The first-order chi connectivity index (χ1) is 12.7. The molecule has 0 amide bonds. The van der Waals surface area contributed by atoms with Crippen LogP contribution < -0.4 is 4.74 Å². The fourth-order valence-electron chi connectivity index (χ4n) is 3.21. The van der Waals surface area contributed by atoms with Crippen LogP contribution in [0.4, 0.5) is 0 Å². The number of benzene rings is 2. The zero-order valence-electron chi connectivity index (χ0n) is 15.2. The van der Waals surface area contributed by atoms with Crippen LogP contribution in [0.1, 0.15) is 19.4 Å². The molecule has 2 heterocycles. The molecule has 4 heteroatoms. The van der Waals surface area contributed by atoms with E-state index < -0.39 is 0 Å². The highest BCUT2D eigenvalue weighted by Crippen LogP contribution is 2.36. The zero-order chi connectivity index (χ0) is 18.1. The Morgan fingerprint density at radius 2 is 1.88 bits per heavy atom. The second kappa shape index (κ2) is 6.81. The lowest BCUT2D eigenvalue weighted by atomic mass is 10.0. The number of furan rings is 1. The Morgan fingerprint density at radius 1 is 1.04 bits per heavy atom. The van der Waals surface area contributed by atoms with Gasteiger partial charge in [-0.1, -0.05) is 18.2 Å². The Balaban J connectivity index is 1.95. The fourth-order valence-corrected chi connectivity index (χ4v) is 3.21. The molecule has 0 saturated heterocycles. The van der Waals surface area contributed by atoms with Crippen molar-refractivity contribution >= 4 is 21.7 Å². The Kier molecular flexibility index (Phi) is 4.35. The van der Waals surface area contributed by atoms with Crippen molar-refractivity contribution in [3.63, 3.8) is 0 Å². The predicted molar refractivity (Wildman–Crippen MR) is 103 cm³/mol. The average molecular weight is 347 g/mol. The third-order valence-corrected chi connectivity index (χ3v) is 4.26. The van der Waals surface area contributed by atoms with E-state index in [4.69, 9.17) is 13.9 Å². The van der Waals surface area contributed by atoms with Crippen molar-refractivity contribution in [2.24, 2.45) is 0 Å². The maximum Gasteiger partial charge on any atom is 0.137 e. The van der Waals surface area contributed by atoms with Gasteiger partial charge in [-0.15, -0.1) is 0 Å². The van der Waals surface area contributed by atoms with Crippen LogP contribution in [0.5, 0.6) is 5.75 Å². The van der Waals surface area contributed by atoms with Crippen molar-refractivity contribution in [3.8, 4) is 17.1 Å². The summed E-state index contributed by atoms with van der Waals surface area (Å²) in [5.74, 6) is 1.62. The number of para-hydroxylation sites is 1. The number of methoxy groups -OCH3 is 1. The van der Waals surface area contributed by atoms with Gasteiger partial charge in [0.25, 0.3) is 0 Å². The highest BCUT2D eigenvalue weighted by molar-refractivity contribution is 6.00. The number of fused-ring (bicyclic) bond motifs is 2. The van der Waals surface area contributed by atoms with Crippen LogP contribution in [0.15, 0.2) is 59.3 Å². The van der Waals surface area contributed by atoms with E-state index >= 15 is 0 Å². The Hall–Kier alpha value is -2.85. The molecule has 0 N–H and O–H groups in total. The van der Waals surface area contributed by atoms with Crippen LogP contribution >= 0.6 is 0 Å². The van der Waals surface area contributed by atoms with Gasteiger partial charge in [-0.2, -0.15) is 0 Å². The fraction of sp³-hybridized carbons (Fsp3) is 0.227. The van der Waals surface area contributed by atoms with Gasteiger partial charge in [-0.05, 0) is 49.1 Å². The summed E-state index contributed by atoms with van der Waals surface area (Å²) in [4.78, 5) is 4.43. The molecular formula is C22H21NO3. The van der Waals surface area contributed by atoms with Crippen molar-refractivity contribution in [2.75, 3.05) is 7.11 Å². The topological polar surface area (TPSA) is 44.5 Å². The lowest BCUT2D eigenvalue weighted by molar-refractivity contribution is 0.184. The summed E-state index contributed by atoms with van der Waals surface area (Å²) in [6.45, 7) is 4.56. The largest absolute Gasteiger partial charge is 0.490 e. The van der Waals surface area contributed by atoms with Gasteiger partial charge in [-0.3, -0.25) is 4.98 Å². The zero-order valence-corrected chi connectivity index (χ0v) is 15.2. The van der Waals surface area contributed by atoms with Gasteiger partial charge in [0.1, 0.15) is 17.1 Å². The second-order valence-electron chi connectivity index (χ2n) is 6.62. The smallest absolute Gasteiger partial charge is 0.137 e. The van der Waals surface area contributed by atoms with Crippen LogP contribution in [-0.2, 0) is 11.3 Å². The molecule has 0 spiro atoms. The van der Waals surface area contributed by atoms with E-state index in [1.807, 2.05) is 56.6 Å². The summed E-state index contributed by atoms with van der Waals surface area (Å²) in [7, 11) is 1.69. The third kappa shape index (κ3) is 3.04. The Morgan fingerprint density at radius 3 is 2.65 bits per heavy atom. The quantitative estimate of drug-likeness (QED) is 0.472. The van der Waals surface area contributed by atoms with E-state index in [9.17, 15) is 0 Å². The van der Waals surface area contributed by atoms with E-state index in [0.29, 0.717) is 6.61 Å². The minimum Gasteiger partial charge on any atom is -0.490 e. The molecule has 4 aromatic rings. The number of ether oxygens (including phenoxy) is 2. The van der Waals surface area contributed by atoms with E-state index in [0.717, 1.165) is 44.4 Å². The maximum absolute atomic E-state index is 6.07. The lowest BCUT2D eigenvalue weighted by Crippen LogP contribution is -2.06. The van der Waals surface area contributed by atoms with Crippen LogP contribution in [0, 0.1) is 0 Å². The molecular weight excluding hydrogens is 326 g/mol. The summed E-state index contributed by atoms with van der Waals surface area (Å²) in [6.07, 6.45) is 3.76. The third-order valence-electron chi connectivity index (χ3n) is 4.26. The van der Waals surface area contributed by atoms with Gasteiger partial charge in [0.05, 0.1) is 12.7 Å². The predicted octanol–water partition coefficient (Wildman–Crippen LogP) is 5.58. The van der Waals surface area contributed by atoms with Crippen molar-refractivity contribution in [2.45, 2.75) is 26.6 Å². The lowest BCUT2D eigenvalue weighted by Gasteiger charge is -2.15. The van der Waals surface area contributed by atoms with E-state index in [1.54, 1.807) is 7.11 Å². The number of aromatic nitrogens is 1. The molecule has 0 bridgehead atoms. The number of rotatable bonds is 5. The summed E-state index contributed by atoms with van der Waals surface area (Å²) in [6, 6.07) is 14.2. The first-order valence-corrected chi connectivity index (χ1v) is 8.71. The highest BCUT2D eigenvalue weighted by Gasteiger charge is 2.15. The van der Waals surface area contributed by atoms with Crippen molar-refractivity contribution < 1.29 is 13.9 Å². The van der Waals surface area contributed by atoms with Gasteiger partial charge in [0, 0.05) is 35.8 Å². The molecule has 2 aromatic carbocycles. The van der Waals surface area contributed by atoms with E-state index in [-0.39, 0.29) is 6.10 Å². The molecule has 26 heavy (non-hydrogen) atoms. The van der Waals surface area contributed by atoms with Crippen LogP contribution in [0.25, 0.3) is 33.1 Å². The van der Waals surface area contributed by atoms with E-state index in [1.165, 1.54) is 0 Å². The molecule has 0 atom stereocenters. The van der Waals surface area contributed by atoms with Crippen molar-refractivity contribution in [1.82, 2.24) is 4.98 Å². The monoisotopic (exact) mass is 347 g/mol. The van der Waals surface area contributed by atoms with Crippen molar-refractivity contribution in [3.05, 3.63) is 60.4 Å². The average Bonchev–Trinajstić information content (AvgIpc) is 3.05. The van der Waals surface area contributed by atoms with Crippen LogP contribution in [0.3, 0.4) is 0 Å². The van der Waals surface area contributed by atoms with E-state index in [2.05, 4.69) is 17.1 Å². The Labute approximate surface area is 152 Å². The SMILES string of the molecule is COCc1cc(OC(C)C)c2cncc(-c3cc4ccccc4o3)c2c1. The van der Waals surface area contributed by atoms with Crippen LogP contribution in [-0.4, -0.2) is 18.2 Å². The number of nitrogens with zero attached hydrogens (tertiary/aromatic N) is 1. The summed E-state index contributed by atoms with van der Waals surface area (Å²) in [5, 5.41) is 3.09. The summed E-state index contributed by atoms with van der Waals surface area (Å²) >= 11 is 0. The van der Waals surface area contributed by atoms with Gasteiger partial charge < -0.3 is 13.9 Å². The molecule has 2 aromatic heterocycles. The van der Waals surface area contributed by atoms with Gasteiger partial charge in [0.2, 0.25) is 0 Å². The Bertz CT molecular complexity index is 1030. The van der Waals surface area contributed by atoms with Gasteiger partial charge >= 0.3 is 0 Å². The molecule has 132 valence electrons. The normalized spacial score (nSPS) is 11.5. The second-order valence-corrected chi connectivity index (χ2v) is 6.62. The van der Waals surface area contributed by atoms with Gasteiger partial charge in [-0.25, -0.2) is 0 Å². The minimum atomic E-state index is 0.0749. The molecule has 0 radical (unpaired) electrons. The molecule has 4 rings (SSSR count). The number of hydrogen-bond acceptors (Lipinski definition) is 4. The molecule has 0 aliphatic carbocycles. The maximum atomic E-state index is 6.07. The molecule has 4 nitrogen and oxygen atoms in total. The minimum absolute atomic E-state index is 0.0749. The number of pyridine rings is 1. The first-order valence-electron chi connectivity index (χ1n) is 8.71. The first kappa shape index (κ1) is 16.6. The van der Waals surface area contributed by atoms with Crippen molar-refractivity contribution in [1.29, 1.82) is 0 Å². The van der Waals surface area contributed by atoms with Crippen LogP contribution in [0.2, 0.25) is 0 Å². The molecule has 0 aliphatic rings. The highest BCUT2D eigenvalue weighted by atomic mass is 16.5. The summed E-state index contributed by atoms with van der Waals surface area (Å²) < 4.78 is 17.4. The molecule has 0 fully saturated rings. The molecule has 0 aliphatic heterocycles. The molecule has 0 saturated carbocycles. The number of hydrogen-bond donors (Lipinski definition) is 0. The molecule has 0 unspecified atom stereocenters.